The van der Waals surface area contributed by atoms with Crippen molar-refractivity contribution in [2.45, 2.75) is 51.0 Å². The van der Waals surface area contributed by atoms with Crippen molar-refractivity contribution >= 4 is 5.97 Å². The van der Waals surface area contributed by atoms with Gasteiger partial charge in [-0.2, -0.15) is 0 Å². The molecule has 4 saturated carbocycles. The lowest BCUT2D eigenvalue weighted by molar-refractivity contribution is -0.513. The number of quaternary nitrogens is 1. The van der Waals surface area contributed by atoms with Gasteiger partial charge in [-0.15, -0.1) is 0 Å². The summed E-state index contributed by atoms with van der Waals surface area (Å²) in [6, 6.07) is 0. The fourth-order valence-electron chi connectivity index (χ4n) is 5.38. The second-order valence-electron chi connectivity index (χ2n) is 6.90. The molecule has 4 aliphatic rings. The van der Waals surface area contributed by atoms with Crippen LogP contribution >= 0.6 is 0 Å². The standard InChI is InChI=1S/C12H19NO2/c1-10-2-8-3-11(5-10,9(14)15)7-12(13,4-8)6-10/h8H,2-7,13H2,1H3,(H,14,15)/p+1. The minimum atomic E-state index is -0.564. The molecule has 0 heterocycles. The molecule has 4 fully saturated rings. The van der Waals surface area contributed by atoms with Crippen LogP contribution in [0, 0.1) is 16.7 Å². The average Bonchev–Trinajstić information content (AvgIpc) is 1.95. The predicted molar refractivity (Wildman–Crippen MR) is 55.0 cm³/mol. The van der Waals surface area contributed by atoms with Gasteiger partial charge in [0, 0.05) is 19.3 Å². The third-order valence-electron chi connectivity index (χ3n) is 4.92. The van der Waals surface area contributed by atoms with Crippen molar-refractivity contribution < 1.29 is 15.6 Å². The summed E-state index contributed by atoms with van der Waals surface area (Å²) in [5, 5.41) is 9.48. The van der Waals surface area contributed by atoms with Gasteiger partial charge in [0.25, 0.3) is 0 Å². The normalized spacial score (nSPS) is 57.1. The van der Waals surface area contributed by atoms with E-state index >= 15 is 0 Å². The van der Waals surface area contributed by atoms with E-state index in [0.717, 1.165) is 32.1 Å². The summed E-state index contributed by atoms with van der Waals surface area (Å²) in [7, 11) is 0. The molecule has 84 valence electrons. The van der Waals surface area contributed by atoms with E-state index in [1.807, 2.05) is 0 Å². The van der Waals surface area contributed by atoms with E-state index in [2.05, 4.69) is 12.7 Å². The number of aliphatic carboxylic acids is 1. The maximum atomic E-state index is 11.5. The number of carboxylic acids is 1. The summed E-state index contributed by atoms with van der Waals surface area (Å²) in [4.78, 5) is 11.5. The molecule has 4 rings (SSSR count). The third-order valence-corrected chi connectivity index (χ3v) is 4.92. The Labute approximate surface area is 90.0 Å². The van der Waals surface area contributed by atoms with E-state index in [9.17, 15) is 9.90 Å². The molecule has 0 saturated heterocycles. The first kappa shape index (κ1) is 9.64. The highest BCUT2D eigenvalue weighted by molar-refractivity contribution is 5.75. The van der Waals surface area contributed by atoms with Gasteiger partial charge in [-0.05, 0) is 30.6 Å². The molecule has 0 aromatic heterocycles. The van der Waals surface area contributed by atoms with E-state index in [0.29, 0.717) is 5.92 Å². The smallest absolute Gasteiger partial charge is 0.309 e. The van der Waals surface area contributed by atoms with Crippen LogP contribution in [0.1, 0.15) is 45.4 Å². The van der Waals surface area contributed by atoms with Crippen LogP contribution in [0.5, 0.6) is 0 Å². The number of hydrogen-bond acceptors (Lipinski definition) is 1. The maximum absolute atomic E-state index is 11.5. The number of hydrogen-bond donors (Lipinski definition) is 2. The Kier molecular flexibility index (Phi) is 1.54. The lowest BCUT2D eigenvalue weighted by Crippen LogP contribution is -2.81. The topological polar surface area (TPSA) is 64.9 Å². The predicted octanol–water partition coefficient (Wildman–Crippen LogP) is 1.04. The minimum absolute atomic E-state index is 0.0759. The third kappa shape index (κ3) is 1.19. The highest BCUT2D eigenvalue weighted by Crippen LogP contribution is 2.65. The Morgan fingerprint density at radius 3 is 2.53 bits per heavy atom. The molecule has 0 amide bonds. The fraction of sp³-hybridized carbons (Fsp3) is 0.917. The molecule has 0 aromatic rings. The Balaban J connectivity index is 2.05. The molecule has 15 heavy (non-hydrogen) atoms. The first-order valence-electron chi connectivity index (χ1n) is 5.94. The molecule has 4 aliphatic carbocycles. The van der Waals surface area contributed by atoms with Crippen LogP contribution in [-0.2, 0) is 4.79 Å². The SMILES string of the molecule is CC12CC3CC([NH3+])(C1)CC(C(=O)O)(C3)C2. The zero-order valence-electron chi connectivity index (χ0n) is 9.38. The quantitative estimate of drug-likeness (QED) is 0.679. The van der Waals surface area contributed by atoms with Crippen molar-refractivity contribution in [3.05, 3.63) is 0 Å². The molecule has 0 spiro atoms. The molecule has 4 N–H and O–H groups in total. The van der Waals surface area contributed by atoms with Gasteiger partial charge in [0.15, 0.2) is 0 Å². The van der Waals surface area contributed by atoms with Gasteiger partial charge >= 0.3 is 5.97 Å². The lowest BCUT2D eigenvalue weighted by atomic mass is 9.42. The summed E-state index contributed by atoms with van der Waals surface area (Å²) in [5.74, 6) is 0.0608. The summed E-state index contributed by atoms with van der Waals surface area (Å²) in [6.45, 7) is 2.27. The Morgan fingerprint density at radius 1 is 1.27 bits per heavy atom. The van der Waals surface area contributed by atoms with Gasteiger partial charge in [0.05, 0.1) is 11.0 Å². The van der Waals surface area contributed by atoms with Crippen LogP contribution in [0.3, 0.4) is 0 Å². The summed E-state index contributed by atoms with van der Waals surface area (Å²) < 4.78 is 0. The van der Waals surface area contributed by atoms with Gasteiger partial charge in [-0.3, -0.25) is 4.79 Å². The van der Waals surface area contributed by atoms with Crippen molar-refractivity contribution in [2.75, 3.05) is 0 Å². The number of carbonyl (C=O) groups is 1. The molecular formula is C12H20NO2+. The first-order chi connectivity index (χ1) is 6.85. The monoisotopic (exact) mass is 210 g/mol. The maximum Gasteiger partial charge on any atom is 0.309 e. The van der Waals surface area contributed by atoms with Crippen molar-refractivity contribution in [1.82, 2.24) is 0 Å². The molecule has 0 radical (unpaired) electrons. The van der Waals surface area contributed by atoms with Crippen LogP contribution in [0.25, 0.3) is 0 Å². The van der Waals surface area contributed by atoms with E-state index in [1.54, 1.807) is 0 Å². The van der Waals surface area contributed by atoms with E-state index in [-0.39, 0.29) is 11.0 Å². The lowest BCUT2D eigenvalue weighted by Gasteiger charge is -2.61. The van der Waals surface area contributed by atoms with Crippen LogP contribution in [-0.4, -0.2) is 16.6 Å². The molecule has 4 unspecified atom stereocenters. The van der Waals surface area contributed by atoms with Crippen molar-refractivity contribution in [3.63, 3.8) is 0 Å². The van der Waals surface area contributed by atoms with Crippen LogP contribution in [0.4, 0.5) is 0 Å². The fourth-order valence-corrected chi connectivity index (χ4v) is 5.38. The molecule has 0 aliphatic heterocycles. The van der Waals surface area contributed by atoms with E-state index in [1.165, 1.54) is 6.42 Å². The van der Waals surface area contributed by atoms with Crippen LogP contribution in [0.2, 0.25) is 0 Å². The summed E-state index contributed by atoms with van der Waals surface area (Å²) >= 11 is 0. The van der Waals surface area contributed by atoms with Gasteiger partial charge in [-0.25, -0.2) is 0 Å². The average molecular weight is 210 g/mol. The first-order valence-corrected chi connectivity index (χ1v) is 5.94. The summed E-state index contributed by atoms with van der Waals surface area (Å²) in [6.07, 6.45) is 6.17. The van der Waals surface area contributed by atoms with Crippen molar-refractivity contribution in [3.8, 4) is 0 Å². The van der Waals surface area contributed by atoms with E-state index < -0.39 is 11.4 Å². The number of rotatable bonds is 1. The molecule has 4 atom stereocenters. The number of carboxylic acid groups (broad SMARTS) is 1. The van der Waals surface area contributed by atoms with Crippen LogP contribution < -0.4 is 5.73 Å². The van der Waals surface area contributed by atoms with Crippen LogP contribution in [0.15, 0.2) is 0 Å². The van der Waals surface area contributed by atoms with Gasteiger partial charge in [-0.1, -0.05) is 6.92 Å². The molecule has 3 heteroatoms. The van der Waals surface area contributed by atoms with Gasteiger partial charge < -0.3 is 10.8 Å². The second kappa shape index (κ2) is 2.40. The Morgan fingerprint density at radius 2 is 2.00 bits per heavy atom. The minimum Gasteiger partial charge on any atom is -0.481 e. The molecule has 3 nitrogen and oxygen atoms in total. The van der Waals surface area contributed by atoms with Gasteiger partial charge in [0.1, 0.15) is 0 Å². The van der Waals surface area contributed by atoms with Crippen molar-refractivity contribution in [1.29, 1.82) is 0 Å². The Hall–Kier alpha value is -0.570. The zero-order chi connectivity index (χ0) is 10.9. The highest BCUT2D eigenvalue weighted by atomic mass is 16.4. The summed E-state index contributed by atoms with van der Waals surface area (Å²) in [5.41, 5.74) is 4.26. The molecule has 4 bridgehead atoms. The molecule has 0 aromatic carbocycles. The zero-order valence-corrected chi connectivity index (χ0v) is 9.38. The Bertz CT molecular complexity index is 321. The molecular weight excluding hydrogens is 190 g/mol. The second-order valence-corrected chi connectivity index (χ2v) is 6.90. The van der Waals surface area contributed by atoms with Crippen molar-refractivity contribution in [2.24, 2.45) is 16.7 Å². The van der Waals surface area contributed by atoms with E-state index in [4.69, 9.17) is 0 Å². The van der Waals surface area contributed by atoms with Gasteiger partial charge in [0.2, 0.25) is 0 Å². The largest absolute Gasteiger partial charge is 0.481 e. The highest BCUT2D eigenvalue weighted by Gasteiger charge is 2.65.